The monoisotopic (exact) mass is 581 g/mol. The van der Waals surface area contributed by atoms with Gasteiger partial charge < -0.3 is 13.4 Å². The zero-order valence-corrected chi connectivity index (χ0v) is 23.8. The molecule has 0 atom stereocenters. The van der Waals surface area contributed by atoms with Gasteiger partial charge in [-0.15, -0.1) is 0 Å². The van der Waals surface area contributed by atoms with Gasteiger partial charge in [-0.1, -0.05) is 72.8 Å². The first-order valence-electron chi connectivity index (χ1n) is 14.6. The molecule has 0 aliphatic rings. The molecule has 5 aromatic heterocycles. The highest BCUT2D eigenvalue weighted by Gasteiger charge is 2.17. The van der Waals surface area contributed by atoms with Gasteiger partial charge in [-0.3, -0.25) is 0 Å². The van der Waals surface area contributed by atoms with Gasteiger partial charge >= 0.3 is 0 Å². The van der Waals surface area contributed by atoms with Crippen molar-refractivity contribution in [3.05, 3.63) is 140 Å². The van der Waals surface area contributed by atoms with Crippen LogP contribution in [0.3, 0.4) is 0 Å². The topological polar surface area (TPSA) is 82.8 Å². The van der Waals surface area contributed by atoms with Crippen molar-refractivity contribution in [1.29, 1.82) is 0 Å². The molecule has 0 N–H and O–H groups in total. The van der Waals surface area contributed by atoms with E-state index in [1.807, 2.05) is 36.4 Å². The molecular weight excluding hydrogens is 558 g/mol. The molecule has 7 nitrogen and oxygen atoms in total. The molecule has 0 unspecified atom stereocenters. The molecule has 45 heavy (non-hydrogen) atoms. The van der Waals surface area contributed by atoms with Crippen LogP contribution < -0.4 is 0 Å². The van der Waals surface area contributed by atoms with Gasteiger partial charge in [0, 0.05) is 27.3 Å². The summed E-state index contributed by atoms with van der Waals surface area (Å²) in [6, 6.07) is 39.9. The van der Waals surface area contributed by atoms with Crippen molar-refractivity contribution in [2.24, 2.45) is 0 Å². The van der Waals surface area contributed by atoms with Gasteiger partial charge in [0.05, 0.1) is 40.5 Å². The van der Waals surface area contributed by atoms with Crippen LogP contribution in [0.25, 0.3) is 83.9 Å². The van der Waals surface area contributed by atoms with E-state index in [1.54, 1.807) is 24.9 Å². The van der Waals surface area contributed by atoms with Crippen LogP contribution in [0.4, 0.5) is 0 Å². The summed E-state index contributed by atoms with van der Waals surface area (Å²) in [5.41, 5.74) is 8.34. The van der Waals surface area contributed by atoms with E-state index >= 15 is 0 Å². The Bertz CT molecular complexity index is 2350. The molecule has 9 aromatic rings. The Labute approximate surface area is 257 Å². The third kappa shape index (κ3) is 4.21. The lowest BCUT2D eigenvalue weighted by Crippen LogP contribution is -1.96. The summed E-state index contributed by atoms with van der Waals surface area (Å²) in [5, 5.41) is 4.65. The highest BCUT2D eigenvalue weighted by atomic mass is 16.3. The number of nitrogens with zero attached hydrogens (tertiary/aromatic N) is 5. The molecule has 0 saturated carbocycles. The minimum Gasteiger partial charge on any atom is -0.443 e. The summed E-state index contributed by atoms with van der Waals surface area (Å²) in [5.74, 6) is 0.992. The number of hydrogen-bond acceptors (Lipinski definition) is 6. The number of oxazole rings is 2. The Kier molecular flexibility index (Phi) is 5.67. The third-order valence-corrected chi connectivity index (χ3v) is 8.17. The predicted molar refractivity (Wildman–Crippen MR) is 176 cm³/mol. The number of aromatic nitrogens is 5. The first-order valence-corrected chi connectivity index (χ1v) is 14.6. The zero-order valence-electron chi connectivity index (χ0n) is 23.8. The maximum absolute atomic E-state index is 5.52. The van der Waals surface area contributed by atoms with Gasteiger partial charge in [0.25, 0.3) is 0 Å². The molecule has 0 saturated heterocycles. The summed E-state index contributed by atoms with van der Waals surface area (Å²) in [7, 11) is 0. The van der Waals surface area contributed by atoms with Crippen molar-refractivity contribution in [3.63, 3.8) is 0 Å². The molecule has 212 valence electrons. The molecule has 9 rings (SSSR count). The minimum atomic E-state index is 0.496. The van der Waals surface area contributed by atoms with Crippen molar-refractivity contribution < 1.29 is 8.83 Å². The molecule has 0 aliphatic carbocycles. The zero-order chi connectivity index (χ0) is 29.7. The van der Waals surface area contributed by atoms with Crippen molar-refractivity contribution in [1.82, 2.24) is 24.5 Å². The highest BCUT2D eigenvalue weighted by Crippen LogP contribution is 2.38. The van der Waals surface area contributed by atoms with Crippen LogP contribution >= 0.6 is 0 Å². The molecule has 4 aromatic carbocycles. The maximum Gasteiger partial charge on any atom is 0.245 e. The van der Waals surface area contributed by atoms with E-state index in [2.05, 4.69) is 93.4 Å². The van der Waals surface area contributed by atoms with Crippen LogP contribution in [0.1, 0.15) is 0 Å². The van der Waals surface area contributed by atoms with Gasteiger partial charge in [0.15, 0.2) is 0 Å². The molecule has 7 heteroatoms. The Morgan fingerprint density at radius 1 is 0.467 bits per heavy atom. The number of fused-ring (bicyclic) bond motifs is 4. The molecule has 0 spiro atoms. The van der Waals surface area contributed by atoms with E-state index in [4.69, 9.17) is 18.8 Å². The Balaban J connectivity index is 1.29. The maximum atomic E-state index is 5.52. The number of rotatable bonds is 5. The van der Waals surface area contributed by atoms with Crippen molar-refractivity contribution in [2.75, 3.05) is 0 Å². The van der Waals surface area contributed by atoms with Crippen LogP contribution in [-0.4, -0.2) is 24.5 Å². The fourth-order valence-corrected chi connectivity index (χ4v) is 6.13. The largest absolute Gasteiger partial charge is 0.443 e. The lowest BCUT2D eigenvalue weighted by molar-refractivity contribution is 0.572. The van der Waals surface area contributed by atoms with E-state index in [0.717, 1.165) is 50.0 Å². The molecule has 0 amide bonds. The van der Waals surface area contributed by atoms with Gasteiger partial charge in [0.2, 0.25) is 11.8 Å². The fourth-order valence-electron chi connectivity index (χ4n) is 6.13. The van der Waals surface area contributed by atoms with E-state index < -0.39 is 0 Å². The second-order valence-electron chi connectivity index (χ2n) is 10.8. The molecular formula is C38H23N5O2. The lowest BCUT2D eigenvalue weighted by Gasteiger charge is -2.13. The number of pyridine rings is 2. The normalized spacial score (nSPS) is 11.6. The first kappa shape index (κ1) is 25.2. The van der Waals surface area contributed by atoms with Crippen LogP contribution in [0.15, 0.2) is 149 Å². The predicted octanol–water partition coefficient (Wildman–Crippen LogP) is 9.37. The fraction of sp³-hybridized carbons (Fsp3) is 0. The molecule has 0 aliphatic heterocycles. The summed E-state index contributed by atoms with van der Waals surface area (Å²) in [6.45, 7) is 0. The minimum absolute atomic E-state index is 0.496. The summed E-state index contributed by atoms with van der Waals surface area (Å²) in [4.78, 5) is 18.4. The van der Waals surface area contributed by atoms with E-state index in [1.165, 1.54) is 10.8 Å². The Morgan fingerprint density at radius 3 is 1.58 bits per heavy atom. The van der Waals surface area contributed by atoms with Crippen molar-refractivity contribution in [3.8, 4) is 51.4 Å². The molecule has 0 radical (unpaired) electrons. The van der Waals surface area contributed by atoms with Crippen molar-refractivity contribution in [2.45, 2.75) is 0 Å². The van der Waals surface area contributed by atoms with Gasteiger partial charge in [-0.25, -0.2) is 19.9 Å². The SMILES string of the molecule is c1cc(-c2ccc3c4ccc(-c5cccc(-c6ncco6)n5)cc4n(-c4cccc5ccccc45)c3c2)nc(-c2ncco2)c1. The molecule has 0 fully saturated rings. The third-order valence-electron chi connectivity index (χ3n) is 8.17. The number of hydrogen-bond donors (Lipinski definition) is 0. The second-order valence-corrected chi connectivity index (χ2v) is 10.8. The smallest absolute Gasteiger partial charge is 0.245 e. The number of benzene rings is 4. The van der Waals surface area contributed by atoms with Gasteiger partial charge in [-0.2, -0.15) is 0 Å². The quantitative estimate of drug-likeness (QED) is 0.201. The van der Waals surface area contributed by atoms with Crippen LogP contribution in [0.5, 0.6) is 0 Å². The van der Waals surface area contributed by atoms with Gasteiger partial charge in [-0.05, 0) is 47.9 Å². The molecule has 0 bridgehead atoms. The van der Waals surface area contributed by atoms with Crippen molar-refractivity contribution >= 4 is 32.6 Å². The second kappa shape index (κ2) is 10.1. The first-order chi connectivity index (χ1) is 22.3. The average Bonchev–Trinajstić information content (AvgIpc) is 3.89. The van der Waals surface area contributed by atoms with Crippen LogP contribution in [0.2, 0.25) is 0 Å². The average molecular weight is 582 g/mol. The van der Waals surface area contributed by atoms with Gasteiger partial charge in [0.1, 0.15) is 23.9 Å². The highest BCUT2D eigenvalue weighted by molar-refractivity contribution is 6.12. The summed E-state index contributed by atoms with van der Waals surface area (Å²) in [6.07, 6.45) is 6.39. The Hall–Kier alpha value is -6.34. The van der Waals surface area contributed by atoms with Crippen LogP contribution in [-0.2, 0) is 0 Å². The van der Waals surface area contributed by atoms with E-state index in [-0.39, 0.29) is 0 Å². The Morgan fingerprint density at radius 2 is 1.00 bits per heavy atom. The standard InChI is InChI=1S/C38H23N5O2/c1-2-8-27-24(6-1)7-3-13-34(27)43-35-22-25(30-9-4-11-32(41-30)37-39-18-20-44-37)14-16-28(35)29-17-15-26(23-36(29)43)31-10-5-12-33(42-31)38-40-19-21-45-38/h1-23H. The van der Waals surface area contributed by atoms with Crippen LogP contribution in [0, 0.1) is 0 Å². The van der Waals surface area contributed by atoms with E-state index in [0.29, 0.717) is 23.2 Å². The lowest BCUT2D eigenvalue weighted by atomic mass is 10.0. The summed E-state index contributed by atoms with van der Waals surface area (Å²) < 4.78 is 13.4. The molecule has 5 heterocycles. The summed E-state index contributed by atoms with van der Waals surface area (Å²) >= 11 is 0. The van der Waals surface area contributed by atoms with E-state index in [9.17, 15) is 0 Å².